The monoisotopic (exact) mass is 504 g/mol. The SMILES string of the molecule is Cl.O=C1c2c(cc(-c3ccc(C(F)(F)F)cc3C(F)(F)F)cc2C(F)(F)F)[C@@H]2CNCCN12. The Balaban J connectivity index is 0.00000306. The second kappa shape index (κ2) is 8.08. The van der Waals surface area contributed by atoms with Gasteiger partial charge in [0.15, 0.2) is 0 Å². The van der Waals surface area contributed by atoms with Crippen molar-refractivity contribution in [2.75, 3.05) is 19.6 Å². The summed E-state index contributed by atoms with van der Waals surface area (Å²) in [4.78, 5) is 13.8. The van der Waals surface area contributed by atoms with Gasteiger partial charge < -0.3 is 10.2 Å². The van der Waals surface area contributed by atoms with Crippen molar-refractivity contribution in [2.45, 2.75) is 24.6 Å². The predicted octanol–water partition coefficient (Wildman–Crippen LogP) is 5.93. The molecule has 0 saturated carbocycles. The molecule has 0 bridgehead atoms. The highest BCUT2D eigenvalue weighted by atomic mass is 35.5. The van der Waals surface area contributed by atoms with Gasteiger partial charge in [0.05, 0.1) is 28.3 Å². The van der Waals surface area contributed by atoms with Crippen molar-refractivity contribution in [3.63, 3.8) is 0 Å². The van der Waals surface area contributed by atoms with Crippen molar-refractivity contribution in [2.24, 2.45) is 0 Å². The lowest BCUT2D eigenvalue weighted by atomic mass is 9.90. The first-order chi connectivity index (χ1) is 14.7. The molecule has 0 aliphatic carbocycles. The largest absolute Gasteiger partial charge is 0.417 e. The fourth-order valence-electron chi connectivity index (χ4n) is 4.12. The number of hydrogen-bond donors (Lipinski definition) is 1. The highest BCUT2D eigenvalue weighted by Gasteiger charge is 2.46. The molecule has 13 heteroatoms. The van der Waals surface area contributed by atoms with E-state index in [2.05, 4.69) is 5.32 Å². The van der Waals surface area contributed by atoms with Crippen molar-refractivity contribution in [3.8, 4) is 11.1 Å². The maximum absolute atomic E-state index is 13.8. The van der Waals surface area contributed by atoms with Crippen molar-refractivity contribution >= 4 is 18.3 Å². The first-order valence-corrected chi connectivity index (χ1v) is 9.25. The molecule has 2 aromatic carbocycles. The van der Waals surface area contributed by atoms with Crippen molar-refractivity contribution in [3.05, 3.63) is 58.1 Å². The second-order valence-electron chi connectivity index (χ2n) is 7.46. The molecule has 1 saturated heterocycles. The van der Waals surface area contributed by atoms with Gasteiger partial charge in [-0.3, -0.25) is 4.79 Å². The average molecular weight is 505 g/mol. The lowest BCUT2D eigenvalue weighted by molar-refractivity contribution is -0.142. The lowest BCUT2D eigenvalue weighted by Crippen LogP contribution is -2.44. The van der Waals surface area contributed by atoms with Crippen LogP contribution < -0.4 is 5.32 Å². The molecule has 180 valence electrons. The average Bonchev–Trinajstić information content (AvgIpc) is 2.97. The Hall–Kier alpha value is -2.47. The highest BCUT2D eigenvalue weighted by molar-refractivity contribution is 6.02. The van der Waals surface area contributed by atoms with Crippen LogP contribution in [0.2, 0.25) is 0 Å². The number of piperazine rings is 1. The zero-order valence-corrected chi connectivity index (χ0v) is 17.1. The van der Waals surface area contributed by atoms with Crippen LogP contribution in [0.5, 0.6) is 0 Å². The zero-order chi connectivity index (χ0) is 23.6. The van der Waals surface area contributed by atoms with Crippen LogP contribution in [-0.2, 0) is 18.5 Å². The van der Waals surface area contributed by atoms with Crippen molar-refractivity contribution in [1.29, 1.82) is 0 Å². The maximum Gasteiger partial charge on any atom is 0.417 e. The Morgan fingerprint density at radius 1 is 0.848 bits per heavy atom. The van der Waals surface area contributed by atoms with E-state index in [1.807, 2.05) is 0 Å². The second-order valence-corrected chi connectivity index (χ2v) is 7.46. The molecular formula is C20H14ClF9N2O. The van der Waals surface area contributed by atoms with Crippen LogP contribution >= 0.6 is 12.4 Å². The first-order valence-electron chi connectivity index (χ1n) is 9.25. The smallest absolute Gasteiger partial charge is 0.329 e. The van der Waals surface area contributed by atoms with Crippen molar-refractivity contribution in [1.82, 2.24) is 10.2 Å². The molecule has 3 nitrogen and oxygen atoms in total. The van der Waals surface area contributed by atoms with Gasteiger partial charge in [-0.2, -0.15) is 39.5 Å². The van der Waals surface area contributed by atoms with Gasteiger partial charge >= 0.3 is 18.5 Å². The summed E-state index contributed by atoms with van der Waals surface area (Å²) in [7, 11) is 0. The fourth-order valence-corrected chi connectivity index (χ4v) is 4.12. The molecule has 1 fully saturated rings. The summed E-state index contributed by atoms with van der Waals surface area (Å²) in [5, 5.41) is 2.91. The Morgan fingerprint density at radius 2 is 1.48 bits per heavy atom. The van der Waals surface area contributed by atoms with E-state index in [-0.39, 0.29) is 37.1 Å². The molecule has 2 heterocycles. The van der Waals surface area contributed by atoms with Gasteiger partial charge in [-0.25, -0.2) is 0 Å². The van der Waals surface area contributed by atoms with Crippen LogP contribution in [0.15, 0.2) is 30.3 Å². The Bertz CT molecular complexity index is 1090. The minimum absolute atomic E-state index is 0. The number of nitrogens with one attached hydrogen (secondary N) is 1. The molecule has 1 N–H and O–H groups in total. The number of fused-ring (bicyclic) bond motifs is 3. The third-order valence-corrected chi connectivity index (χ3v) is 5.51. The summed E-state index contributed by atoms with van der Waals surface area (Å²) in [6, 6.07) is 1.34. The summed E-state index contributed by atoms with van der Waals surface area (Å²) < 4.78 is 121. The van der Waals surface area contributed by atoms with E-state index in [1.165, 1.54) is 4.90 Å². The third-order valence-electron chi connectivity index (χ3n) is 5.51. The van der Waals surface area contributed by atoms with Gasteiger partial charge in [-0.1, -0.05) is 6.07 Å². The number of nitrogens with zero attached hydrogens (tertiary/aromatic N) is 1. The number of rotatable bonds is 1. The van der Waals surface area contributed by atoms with Crippen LogP contribution in [0.4, 0.5) is 39.5 Å². The summed E-state index contributed by atoms with van der Waals surface area (Å²) in [6.45, 7) is 0.541. The minimum Gasteiger partial charge on any atom is -0.329 e. The summed E-state index contributed by atoms with van der Waals surface area (Å²) in [6.07, 6.45) is -15.4. The molecule has 2 aromatic rings. The van der Waals surface area contributed by atoms with Gasteiger partial charge in [0.1, 0.15) is 0 Å². The summed E-state index contributed by atoms with van der Waals surface area (Å²) in [5.74, 6) is -0.881. The van der Waals surface area contributed by atoms with E-state index in [9.17, 15) is 44.3 Å². The Morgan fingerprint density at radius 3 is 2.06 bits per heavy atom. The van der Waals surface area contributed by atoms with E-state index in [1.54, 1.807) is 0 Å². The lowest BCUT2D eigenvalue weighted by Gasteiger charge is -2.30. The third kappa shape index (κ3) is 4.37. The zero-order valence-electron chi connectivity index (χ0n) is 16.3. The number of halogens is 10. The van der Waals surface area contributed by atoms with Crippen LogP contribution in [-0.4, -0.2) is 30.4 Å². The maximum atomic E-state index is 13.8. The van der Waals surface area contributed by atoms with Crippen molar-refractivity contribution < 1.29 is 44.3 Å². The Kier molecular flexibility index (Phi) is 6.16. The molecule has 2 aliphatic heterocycles. The summed E-state index contributed by atoms with van der Waals surface area (Å²) in [5.41, 5.74) is -6.88. The Labute approximate surface area is 187 Å². The van der Waals surface area contributed by atoms with E-state index in [4.69, 9.17) is 0 Å². The molecule has 0 radical (unpaired) electrons. The molecule has 0 spiro atoms. The number of amides is 1. The first kappa shape index (κ1) is 25.2. The molecule has 2 aliphatic rings. The van der Waals surface area contributed by atoms with Gasteiger partial charge in [0.25, 0.3) is 5.91 Å². The molecule has 0 aromatic heterocycles. The number of benzene rings is 2. The fraction of sp³-hybridized carbons (Fsp3) is 0.350. The van der Waals surface area contributed by atoms with E-state index < -0.39 is 63.9 Å². The number of hydrogen-bond acceptors (Lipinski definition) is 2. The van der Waals surface area contributed by atoms with Crippen LogP contribution in [0.1, 0.15) is 38.7 Å². The number of carbonyl (C=O) groups is 1. The van der Waals surface area contributed by atoms with Gasteiger partial charge in [0, 0.05) is 19.6 Å². The van der Waals surface area contributed by atoms with Gasteiger partial charge in [-0.15, -0.1) is 12.4 Å². The number of carbonyl (C=O) groups excluding carboxylic acids is 1. The normalized spacial score (nSPS) is 18.6. The van der Waals surface area contributed by atoms with Crippen LogP contribution in [0.25, 0.3) is 11.1 Å². The summed E-state index contributed by atoms with van der Waals surface area (Å²) >= 11 is 0. The van der Waals surface area contributed by atoms with Crippen LogP contribution in [0.3, 0.4) is 0 Å². The van der Waals surface area contributed by atoms with E-state index in [0.717, 1.165) is 6.07 Å². The molecule has 1 amide bonds. The molecule has 1 atom stereocenters. The molecular weight excluding hydrogens is 491 g/mol. The molecule has 0 unspecified atom stereocenters. The van der Waals surface area contributed by atoms with Crippen LogP contribution in [0, 0.1) is 0 Å². The predicted molar refractivity (Wildman–Crippen MR) is 101 cm³/mol. The molecule has 33 heavy (non-hydrogen) atoms. The van der Waals surface area contributed by atoms with E-state index >= 15 is 0 Å². The molecule has 4 rings (SSSR count). The highest BCUT2D eigenvalue weighted by Crippen LogP contribution is 2.47. The quantitative estimate of drug-likeness (QED) is 0.488. The standard InChI is InChI=1S/C20H13F9N2O.ClH/c21-18(22,23)10-1-2-11(13(7-10)19(24,25)26)9-5-12-15-8-30-3-4-31(15)17(32)16(12)14(6-9)20(27,28)29;/h1-2,5-7,15,30H,3-4,8H2;1H/t15-;/m0./s1. The number of alkyl halides is 9. The van der Waals surface area contributed by atoms with E-state index in [0.29, 0.717) is 24.7 Å². The van der Waals surface area contributed by atoms with Gasteiger partial charge in [-0.05, 0) is 41.0 Å². The topological polar surface area (TPSA) is 32.3 Å². The minimum atomic E-state index is -5.26. The van der Waals surface area contributed by atoms with Gasteiger partial charge in [0.2, 0.25) is 0 Å².